The quantitative estimate of drug-likeness (QED) is 0.323. The highest BCUT2D eigenvalue weighted by Crippen LogP contribution is 2.40. The van der Waals surface area contributed by atoms with Gasteiger partial charge in [0.05, 0.1) is 29.6 Å². The zero-order valence-corrected chi connectivity index (χ0v) is 18.5. The fourth-order valence-corrected chi connectivity index (χ4v) is 4.59. The largest absolute Gasteiger partial charge is 0.496 e. The van der Waals surface area contributed by atoms with Crippen molar-refractivity contribution in [2.24, 2.45) is 0 Å². The van der Waals surface area contributed by atoms with E-state index in [9.17, 15) is 9.59 Å². The molecule has 5 nitrogen and oxygen atoms in total. The molecule has 1 aromatic heterocycles. The van der Waals surface area contributed by atoms with Crippen LogP contribution in [-0.4, -0.2) is 30.4 Å². The lowest BCUT2D eigenvalue weighted by atomic mass is 10.0. The first-order chi connectivity index (χ1) is 14.7. The summed E-state index contributed by atoms with van der Waals surface area (Å²) in [6.07, 6.45) is 8.23. The summed E-state index contributed by atoms with van der Waals surface area (Å²) in [7, 11) is 1.57. The third-order valence-corrected chi connectivity index (χ3v) is 6.27. The molecule has 160 valence electrons. The standard InChI is InChI=1S/C24H29NO4S/c1-3-4-5-6-7-10-15-25-23(26)21(19-13-8-9-14-20(19)28-2)22(24(25)27)30-17-18-12-11-16-29-18/h8-9,11-14,16H,3-7,10,15,17H2,1-2H3. The molecule has 0 unspecified atom stereocenters. The first-order valence-electron chi connectivity index (χ1n) is 10.6. The van der Waals surface area contributed by atoms with Gasteiger partial charge in [0.25, 0.3) is 11.8 Å². The van der Waals surface area contributed by atoms with Gasteiger partial charge in [-0.25, -0.2) is 0 Å². The highest BCUT2D eigenvalue weighted by atomic mass is 32.2. The average molecular weight is 428 g/mol. The van der Waals surface area contributed by atoms with Gasteiger partial charge in [-0.05, 0) is 24.6 Å². The zero-order valence-electron chi connectivity index (χ0n) is 17.7. The second-order valence-electron chi connectivity index (χ2n) is 7.30. The van der Waals surface area contributed by atoms with Crippen LogP contribution < -0.4 is 4.74 Å². The van der Waals surface area contributed by atoms with Crippen molar-refractivity contribution in [3.8, 4) is 5.75 Å². The van der Waals surface area contributed by atoms with Crippen LogP contribution in [0.4, 0.5) is 0 Å². The van der Waals surface area contributed by atoms with Crippen molar-refractivity contribution in [1.82, 2.24) is 4.90 Å². The summed E-state index contributed by atoms with van der Waals surface area (Å²) in [4.78, 5) is 28.3. The Kier molecular flexibility index (Phi) is 8.20. The van der Waals surface area contributed by atoms with E-state index in [-0.39, 0.29) is 11.8 Å². The Morgan fingerprint density at radius 1 is 0.967 bits per heavy atom. The Bertz CT molecular complexity index is 888. The molecule has 2 aromatic rings. The molecule has 0 spiro atoms. The number of unbranched alkanes of at least 4 members (excludes halogenated alkanes) is 5. The SMILES string of the molecule is CCCCCCCCN1C(=O)C(SCc2ccco2)=C(c2ccccc2OC)C1=O. The second kappa shape index (κ2) is 11.1. The average Bonchev–Trinajstić information content (AvgIpc) is 3.36. The van der Waals surface area contributed by atoms with Gasteiger partial charge in [-0.1, -0.05) is 57.2 Å². The van der Waals surface area contributed by atoms with Gasteiger partial charge in [0.2, 0.25) is 0 Å². The van der Waals surface area contributed by atoms with Crippen molar-refractivity contribution in [2.45, 2.75) is 51.2 Å². The van der Waals surface area contributed by atoms with Crippen molar-refractivity contribution < 1.29 is 18.7 Å². The van der Waals surface area contributed by atoms with Crippen molar-refractivity contribution >= 4 is 29.1 Å². The number of rotatable bonds is 12. The van der Waals surface area contributed by atoms with Crippen molar-refractivity contribution in [1.29, 1.82) is 0 Å². The van der Waals surface area contributed by atoms with Crippen LogP contribution in [0.5, 0.6) is 5.75 Å². The fourth-order valence-electron chi connectivity index (χ4n) is 3.57. The first kappa shape index (κ1) is 22.2. The topological polar surface area (TPSA) is 59.8 Å². The minimum atomic E-state index is -0.236. The Balaban J connectivity index is 1.79. The summed E-state index contributed by atoms with van der Waals surface area (Å²) < 4.78 is 10.9. The highest BCUT2D eigenvalue weighted by Gasteiger charge is 2.39. The number of ether oxygens (including phenoxy) is 1. The molecule has 0 aliphatic carbocycles. The second-order valence-corrected chi connectivity index (χ2v) is 8.29. The first-order valence-corrected chi connectivity index (χ1v) is 11.5. The van der Waals surface area contributed by atoms with E-state index in [1.54, 1.807) is 13.4 Å². The molecule has 0 bridgehead atoms. The number of thioether (sulfide) groups is 1. The van der Waals surface area contributed by atoms with Gasteiger partial charge in [-0.15, -0.1) is 11.8 Å². The number of carbonyl (C=O) groups is 2. The summed E-state index contributed by atoms with van der Waals surface area (Å²) >= 11 is 1.35. The van der Waals surface area contributed by atoms with Gasteiger partial charge in [-0.3, -0.25) is 14.5 Å². The molecule has 30 heavy (non-hydrogen) atoms. The number of nitrogens with zero attached hydrogens (tertiary/aromatic N) is 1. The smallest absolute Gasteiger partial charge is 0.267 e. The third kappa shape index (κ3) is 5.17. The van der Waals surface area contributed by atoms with Crippen LogP contribution in [-0.2, 0) is 15.3 Å². The van der Waals surface area contributed by atoms with Gasteiger partial charge < -0.3 is 9.15 Å². The summed E-state index contributed by atoms with van der Waals surface area (Å²) in [6.45, 7) is 2.64. The predicted octanol–water partition coefficient (Wildman–Crippen LogP) is 5.66. The van der Waals surface area contributed by atoms with Gasteiger partial charge >= 0.3 is 0 Å². The summed E-state index contributed by atoms with van der Waals surface area (Å²) in [5.41, 5.74) is 1.09. The zero-order chi connectivity index (χ0) is 21.3. The third-order valence-electron chi connectivity index (χ3n) is 5.18. The molecule has 0 fully saturated rings. The van der Waals surface area contributed by atoms with E-state index in [2.05, 4.69) is 6.92 Å². The number of amides is 2. The van der Waals surface area contributed by atoms with E-state index in [1.165, 1.54) is 35.9 Å². The van der Waals surface area contributed by atoms with Crippen LogP contribution >= 0.6 is 11.8 Å². The number of hydrogen-bond donors (Lipinski definition) is 0. The van der Waals surface area contributed by atoms with Gasteiger partial charge in [0, 0.05) is 12.1 Å². The Morgan fingerprint density at radius 3 is 2.47 bits per heavy atom. The molecule has 6 heteroatoms. The van der Waals surface area contributed by atoms with E-state index >= 15 is 0 Å². The molecule has 0 saturated heterocycles. The molecule has 0 atom stereocenters. The molecule has 0 saturated carbocycles. The molecule has 1 aromatic carbocycles. The van der Waals surface area contributed by atoms with Gasteiger partial charge in [0.1, 0.15) is 11.5 Å². The van der Waals surface area contributed by atoms with Gasteiger partial charge in [0.15, 0.2) is 0 Å². The lowest BCUT2D eigenvalue weighted by molar-refractivity contribution is -0.136. The molecular weight excluding hydrogens is 398 g/mol. The van der Waals surface area contributed by atoms with Crippen LogP contribution in [0.2, 0.25) is 0 Å². The molecule has 2 heterocycles. The van der Waals surface area contributed by atoms with E-state index in [0.717, 1.165) is 25.0 Å². The Hall–Kier alpha value is -2.47. The number of furan rings is 1. The summed E-state index contributed by atoms with van der Waals surface area (Å²) in [5.74, 6) is 1.39. The van der Waals surface area contributed by atoms with E-state index in [0.29, 0.717) is 34.1 Å². The number of hydrogen-bond acceptors (Lipinski definition) is 5. The van der Waals surface area contributed by atoms with Crippen LogP contribution in [0, 0.1) is 0 Å². The van der Waals surface area contributed by atoms with Crippen molar-refractivity contribution in [3.05, 3.63) is 58.9 Å². The minimum Gasteiger partial charge on any atom is -0.496 e. The number of methoxy groups -OCH3 is 1. The fraction of sp³-hybridized carbons (Fsp3) is 0.417. The monoisotopic (exact) mass is 427 g/mol. The Morgan fingerprint density at radius 2 is 1.73 bits per heavy atom. The molecule has 1 aliphatic rings. The van der Waals surface area contributed by atoms with Crippen molar-refractivity contribution in [3.63, 3.8) is 0 Å². The summed E-state index contributed by atoms with van der Waals surface area (Å²) in [5, 5.41) is 0. The molecule has 3 rings (SSSR count). The van der Waals surface area contributed by atoms with E-state index in [1.807, 2.05) is 36.4 Å². The van der Waals surface area contributed by atoms with E-state index < -0.39 is 0 Å². The molecule has 0 N–H and O–H groups in total. The van der Waals surface area contributed by atoms with Crippen LogP contribution in [0.1, 0.15) is 56.8 Å². The van der Waals surface area contributed by atoms with E-state index in [4.69, 9.17) is 9.15 Å². The number of carbonyl (C=O) groups excluding carboxylic acids is 2. The molecule has 2 amide bonds. The lowest BCUT2D eigenvalue weighted by Gasteiger charge is -2.15. The normalized spacial score (nSPS) is 14.1. The predicted molar refractivity (Wildman–Crippen MR) is 120 cm³/mol. The highest BCUT2D eigenvalue weighted by molar-refractivity contribution is 8.03. The summed E-state index contributed by atoms with van der Waals surface area (Å²) in [6, 6.07) is 11.0. The van der Waals surface area contributed by atoms with Crippen LogP contribution in [0.15, 0.2) is 52.0 Å². The maximum atomic E-state index is 13.3. The number of para-hydroxylation sites is 1. The van der Waals surface area contributed by atoms with Crippen molar-refractivity contribution in [2.75, 3.05) is 13.7 Å². The molecular formula is C24H29NO4S. The molecule has 1 aliphatic heterocycles. The number of imide groups is 1. The maximum absolute atomic E-state index is 13.3. The minimum absolute atomic E-state index is 0.217. The van der Waals surface area contributed by atoms with Gasteiger partial charge in [-0.2, -0.15) is 0 Å². The van der Waals surface area contributed by atoms with Crippen LogP contribution in [0.25, 0.3) is 5.57 Å². The van der Waals surface area contributed by atoms with Crippen LogP contribution in [0.3, 0.4) is 0 Å². The molecule has 0 radical (unpaired) electrons. The Labute approximate surface area is 182 Å². The number of benzene rings is 1. The maximum Gasteiger partial charge on any atom is 0.267 e. The lowest BCUT2D eigenvalue weighted by Crippen LogP contribution is -2.32.